The molecule has 0 fully saturated rings. The second-order valence-electron chi connectivity index (χ2n) is 5.14. The highest BCUT2D eigenvalue weighted by Gasteiger charge is 2.29. The van der Waals surface area contributed by atoms with Crippen LogP contribution in [0.5, 0.6) is 0 Å². The van der Waals surface area contributed by atoms with Crippen molar-refractivity contribution in [3.8, 4) is 0 Å². The first-order valence-electron chi connectivity index (χ1n) is 7.61. The number of hydrogen-bond donors (Lipinski definition) is 1. The van der Waals surface area contributed by atoms with E-state index in [-0.39, 0.29) is 24.8 Å². The summed E-state index contributed by atoms with van der Waals surface area (Å²) in [5.41, 5.74) is 2.07. The minimum atomic E-state index is -0.563. The van der Waals surface area contributed by atoms with Crippen LogP contribution in [-0.2, 0) is 32.3 Å². The van der Waals surface area contributed by atoms with Gasteiger partial charge in [0.25, 0.3) is 5.91 Å². The van der Waals surface area contributed by atoms with Crippen LogP contribution in [0.15, 0.2) is 29.9 Å². The van der Waals surface area contributed by atoms with Crippen LogP contribution >= 0.6 is 0 Å². The van der Waals surface area contributed by atoms with Crippen LogP contribution in [0.3, 0.4) is 0 Å². The summed E-state index contributed by atoms with van der Waals surface area (Å²) in [6.07, 6.45) is 4.62. The third-order valence-corrected chi connectivity index (χ3v) is 3.47. The van der Waals surface area contributed by atoms with Gasteiger partial charge in [0, 0.05) is 24.5 Å². The third-order valence-electron chi connectivity index (χ3n) is 3.47. The smallest absolute Gasteiger partial charge is 0.347 e. The number of nitrogens with one attached hydrogen (secondary N) is 1. The number of amides is 1. The molecular weight excluding hydrogens is 328 g/mol. The zero-order chi connectivity index (χ0) is 17.6. The van der Waals surface area contributed by atoms with Gasteiger partial charge >= 0.3 is 5.97 Å². The molecule has 2 aromatic rings. The zero-order valence-corrected chi connectivity index (χ0v) is 13.5. The van der Waals surface area contributed by atoms with Gasteiger partial charge in [-0.1, -0.05) is 5.16 Å². The lowest BCUT2D eigenvalue weighted by Gasteiger charge is -2.15. The van der Waals surface area contributed by atoms with E-state index in [1.807, 2.05) is 0 Å². The number of oxime groups is 1. The largest absolute Gasteiger partial charge is 0.463 e. The SMILES string of the molecule is CCOC(=O)CON=C(C(=O)N1Cc2cncnc2C1)c1ccn[nH]1. The molecule has 0 aromatic carbocycles. The van der Waals surface area contributed by atoms with Crippen molar-refractivity contribution in [2.45, 2.75) is 20.0 Å². The minimum Gasteiger partial charge on any atom is -0.463 e. The van der Waals surface area contributed by atoms with E-state index in [1.54, 1.807) is 24.1 Å². The highest BCUT2D eigenvalue weighted by atomic mass is 16.7. The highest BCUT2D eigenvalue weighted by Crippen LogP contribution is 2.20. The number of esters is 1. The van der Waals surface area contributed by atoms with Crippen molar-refractivity contribution in [1.82, 2.24) is 25.1 Å². The van der Waals surface area contributed by atoms with Crippen molar-refractivity contribution in [2.75, 3.05) is 13.2 Å². The van der Waals surface area contributed by atoms with Gasteiger partial charge in [0.2, 0.25) is 6.61 Å². The number of carbonyl (C=O) groups excluding carboxylic acids is 2. The Morgan fingerprint density at radius 1 is 1.40 bits per heavy atom. The van der Waals surface area contributed by atoms with Crippen molar-refractivity contribution in [3.05, 3.63) is 41.7 Å². The second kappa shape index (κ2) is 7.51. The first kappa shape index (κ1) is 16.6. The predicted molar refractivity (Wildman–Crippen MR) is 84.0 cm³/mol. The van der Waals surface area contributed by atoms with E-state index >= 15 is 0 Å². The van der Waals surface area contributed by atoms with E-state index < -0.39 is 5.97 Å². The summed E-state index contributed by atoms with van der Waals surface area (Å²) < 4.78 is 4.75. The van der Waals surface area contributed by atoms with Gasteiger partial charge in [-0.25, -0.2) is 14.8 Å². The molecule has 3 rings (SSSR count). The summed E-state index contributed by atoms with van der Waals surface area (Å²) >= 11 is 0. The lowest BCUT2D eigenvalue weighted by atomic mass is 10.2. The van der Waals surface area contributed by atoms with Crippen LogP contribution in [-0.4, -0.2) is 55.9 Å². The molecule has 0 radical (unpaired) electrons. The molecule has 1 N–H and O–H groups in total. The van der Waals surface area contributed by atoms with Crippen molar-refractivity contribution in [3.63, 3.8) is 0 Å². The maximum absolute atomic E-state index is 12.8. The molecule has 0 spiro atoms. The van der Waals surface area contributed by atoms with E-state index in [0.29, 0.717) is 18.8 Å². The molecular formula is C15H16N6O4. The number of ether oxygens (including phenoxy) is 1. The Hall–Kier alpha value is -3.30. The van der Waals surface area contributed by atoms with Crippen LogP contribution in [0, 0.1) is 0 Å². The van der Waals surface area contributed by atoms with Gasteiger partial charge < -0.3 is 14.5 Å². The van der Waals surface area contributed by atoms with E-state index in [9.17, 15) is 9.59 Å². The minimum absolute atomic E-state index is 0.0163. The van der Waals surface area contributed by atoms with Crippen LogP contribution in [0.1, 0.15) is 23.9 Å². The topological polar surface area (TPSA) is 123 Å². The van der Waals surface area contributed by atoms with Crippen LogP contribution in [0.4, 0.5) is 0 Å². The van der Waals surface area contributed by atoms with Gasteiger partial charge in [0.15, 0.2) is 5.71 Å². The molecule has 0 atom stereocenters. The summed E-state index contributed by atoms with van der Waals surface area (Å²) in [7, 11) is 0. The van der Waals surface area contributed by atoms with Gasteiger partial charge in [-0.05, 0) is 13.0 Å². The standard InChI is InChI=1S/C15H16N6O4/c1-2-24-13(22)8-25-20-14(11-3-4-18-19-11)15(23)21-6-10-5-16-9-17-12(10)7-21/h3-5,9H,2,6-8H2,1H3,(H,18,19). The Morgan fingerprint density at radius 3 is 3.00 bits per heavy atom. The van der Waals surface area contributed by atoms with Crippen molar-refractivity contribution < 1.29 is 19.2 Å². The first-order valence-corrected chi connectivity index (χ1v) is 7.61. The summed E-state index contributed by atoms with van der Waals surface area (Å²) in [6.45, 7) is 2.27. The van der Waals surface area contributed by atoms with Gasteiger partial charge in [-0.3, -0.25) is 9.89 Å². The third kappa shape index (κ3) is 3.79. The van der Waals surface area contributed by atoms with E-state index in [1.165, 1.54) is 12.5 Å². The monoisotopic (exact) mass is 344 g/mol. The van der Waals surface area contributed by atoms with E-state index in [0.717, 1.165) is 11.3 Å². The van der Waals surface area contributed by atoms with E-state index in [2.05, 4.69) is 25.3 Å². The summed E-state index contributed by atoms with van der Waals surface area (Å²) in [5, 5.41) is 10.3. The average molecular weight is 344 g/mol. The number of rotatable bonds is 6. The maximum Gasteiger partial charge on any atom is 0.347 e. The molecule has 130 valence electrons. The Bertz CT molecular complexity index is 764. The highest BCUT2D eigenvalue weighted by molar-refractivity contribution is 6.44. The number of aromatic nitrogens is 4. The Morgan fingerprint density at radius 2 is 2.28 bits per heavy atom. The summed E-state index contributed by atoms with van der Waals surface area (Å²) in [5.74, 6) is -0.933. The number of hydrogen-bond acceptors (Lipinski definition) is 8. The van der Waals surface area contributed by atoms with Crippen molar-refractivity contribution in [2.24, 2.45) is 5.16 Å². The lowest BCUT2D eigenvalue weighted by molar-refractivity contribution is -0.148. The second-order valence-corrected chi connectivity index (χ2v) is 5.14. The fourth-order valence-electron chi connectivity index (χ4n) is 2.34. The van der Waals surface area contributed by atoms with Crippen LogP contribution in [0.25, 0.3) is 0 Å². The summed E-state index contributed by atoms with van der Waals surface area (Å²) in [6, 6.07) is 1.59. The van der Waals surface area contributed by atoms with Crippen molar-refractivity contribution >= 4 is 17.6 Å². The number of nitrogens with zero attached hydrogens (tertiary/aromatic N) is 5. The Kier molecular flexibility index (Phi) is 4.97. The molecule has 2 aromatic heterocycles. The molecule has 1 amide bonds. The molecule has 0 saturated carbocycles. The zero-order valence-electron chi connectivity index (χ0n) is 13.5. The van der Waals surface area contributed by atoms with Crippen LogP contribution in [0.2, 0.25) is 0 Å². The number of carbonyl (C=O) groups is 2. The molecule has 10 nitrogen and oxygen atoms in total. The molecule has 25 heavy (non-hydrogen) atoms. The Balaban J connectivity index is 1.74. The van der Waals surface area contributed by atoms with Crippen LogP contribution < -0.4 is 0 Å². The first-order chi connectivity index (χ1) is 12.2. The molecule has 3 heterocycles. The Labute approximate surface area is 142 Å². The van der Waals surface area contributed by atoms with Gasteiger partial charge in [0.05, 0.1) is 24.5 Å². The normalized spacial score (nSPS) is 13.5. The average Bonchev–Trinajstić information content (AvgIpc) is 3.27. The molecule has 0 aliphatic carbocycles. The molecule has 1 aliphatic rings. The predicted octanol–water partition coefficient (Wildman–Crippen LogP) is 0.0259. The number of H-pyrrole nitrogens is 1. The van der Waals surface area contributed by atoms with Crippen molar-refractivity contribution in [1.29, 1.82) is 0 Å². The fourth-order valence-corrected chi connectivity index (χ4v) is 2.34. The van der Waals surface area contributed by atoms with Gasteiger partial charge in [0.1, 0.15) is 6.33 Å². The number of aromatic amines is 1. The molecule has 1 aliphatic heterocycles. The number of fused-ring (bicyclic) bond motifs is 1. The molecule has 0 unspecified atom stereocenters. The fraction of sp³-hybridized carbons (Fsp3) is 0.333. The lowest BCUT2D eigenvalue weighted by Crippen LogP contribution is -2.33. The van der Waals surface area contributed by atoms with Gasteiger partial charge in [-0.2, -0.15) is 5.10 Å². The van der Waals surface area contributed by atoms with Gasteiger partial charge in [-0.15, -0.1) is 0 Å². The molecule has 0 bridgehead atoms. The molecule has 0 saturated heterocycles. The molecule has 10 heteroatoms. The maximum atomic E-state index is 12.8. The summed E-state index contributed by atoms with van der Waals surface area (Å²) in [4.78, 5) is 38.8. The van der Waals surface area contributed by atoms with E-state index in [4.69, 9.17) is 9.57 Å². The quantitative estimate of drug-likeness (QED) is 0.445.